The van der Waals surface area contributed by atoms with Crippen LogP contribution in [0, 0.1) is 0 Å². The van der Waals surface area contributed by atoms with Crippen molar-refractivity contribution in [1.29, 1.82) is 0 Å². The van der Waals surface area contributed by atoms with E-state index < -0.39 is 12.1 Å². The summed E-state index contributed by atoms with van der Waals surface area (Å²) in [4.78, 5) is 14.5. The van der Waals surface area contributed by atoms with E-state index in [1.54, 1.807) is 11.6 Å². The molecule has 0 bridgehead atoms. The van der Waals surface area contributed by atoms with Crippen LogP contribution in [0.15, 0.2) is 6.33 Å². The maximum Gasteiger partial charge on any atom is 0.333 e. The van der Waals surface area contributed by atoms with E-state index >= 15 is 0 Å². The quantitative estimate of drug-likeness (QED) is 0.809. The minimum atomic E-state index is -1.01. The fourth-order valence-corrected chi connectivity index (χ4v) is 1.36. The van der Waals surface area contributed by atoms with Gasteiger partial charge in [-0.25, -0.2) is 9.78 Å². The van der Waals surface area contributed by atoms with E-state index in [-0.39, 0.29) is 6.42 Å². The molecule has 0 saturated heterocycles. The van der Waals surface area contributed by atoms with Crippen molar-refractivity contribution in [2.24, 2.45) is 7.05 Å². The van der Waals surface area contributed by atoms with Gasteiger partial charge in [0, 0.05) is 20.6 Å². The number of hydrogen-bond acceptors (Lipinski definition) is 3. The lowest BCUT2D eigenvalue weighted by atomic mass is 10.2. The second-order valence-corrected chi connectivity index (χ2v) is 3.22. The third-order valence-corrected chi connectivity index (χ3v) is 2.26. The molecule has 0 aromatic carbocycles. The number of methoxy groups -OCH3 is 1. The van der Waals surface area contributed by atoms with Crippen LogP contribution in [0.25, 0.3) is 0 Å². The van der Waals surface area contributed by atoms with Gasteiger partial charge in [-0.3, -0.25) is 0 Å². The summed E-state index contributed by atoms with van der Waals surface area (Å²) in [6.45, 7) is 0. The van der Waals surface area contributed by atoms with Crippen LogP contribution in [0.5, 0.6) is 0 Å². The Balaban J connectivity index is 2.81. The molecule has 1 unspecified atom stereocenters. The Morgan fingerprint density at radius 1 is 1.86 bits per heavy atom. The van der Waals surface area contributed by atoms with E-state index in [0.717, 1.165) is 0 Å². The largest absolute Gasteiger partial charge is 0.479 e. The molecule has 0 aliphatic carbocycles. The van der Waals surface area contributed by atoms with Crippen LogP contribution in [-0.4, -0.2) is 33.8 Å². The Hall–Kier alpha value is -1.07. The van der Waals surface area contributed by atoms with Crippen LogP contribution in [-0.2, 0) is 23.0 Å². The summed E-state index contributed by atoms with van der Waals surface area (Å²) in [6, 6.07) is 0. The summed E-state index contributed by atoms with van der Waals surface area (Å²) in [5.41, 5.74) is 0.654. The molecule has 0 radical (unpaired) electrons. The highest BCUT2D eigenvalue weighted by Crippen LogP contribution is 2.15. The van der Waals surface area contributed by atoms with Gasteiger partial charge in [-0.05, 0) is 0 Å². The maximum absolute atomic E-state index is 10.7. The molecular weight excluding hydrogens is 208 g/mol. The van der Waals surface area contributed by atoms with Crippen molar-refractivity contribution < 1.29 is 14.6 Å². The van der Waals surface area contributed by atoms with E-state index in [0.29, 0.717) is 10.8 Å². The zero-order valence-electron chi connectivity index (χ0n) is 7.90. The highest BCUT2D eigenvalue weighted by atomic mass is 35.5. The van der Waals surface area contributed by atoms with Crippen LogP contribution in [0.4, 0.5) is 0 Å². The van der Waals surface area contributed by atoms with Gasteiger partial charge in [-0.15, -0.1) is 0 Å². The van der Waals surface area contributed by atoms with Gasteiger partial charge in [0.05, 0.1) is 12.0 Å². The highest BCUT2D eigenvalue weighted by molar-refractivity contribution is 6.30. The number of hydrogen-bond donors (Lipinski definition) is 1. The normalized spacial score (nSPS) is 12.8. The molecule has 78 valence electrons. The van der Waals surface area contributed by atoms with E-state index in [1.807, 2.05) is 0 Å². The molecule has 1 heterocycles. The standard InChI is InChI=1S/C8H11ClN2O3/c1-11-4-10-7(9)5(11)3-6(14-2)8(12)13/h4,6H,3H2,1-2H3,(H,12,13). The van der Waals surface area contributed by atoms with Crippen molar-refractivity contribution >= 4 is 17.6 Å². The highest BCUT2D eigenvalue weighted by Gasteiger charge is 2.20. The first kappa shape index (κ1) is 11.0. The van der Waals surface area contributed by atoms with Gasteiger partial charge in [-0.2, -0.15) is 0 Å². The Kier molecular flexibility index (Phi) is 3.49. The molecule has 6 heteroatoms. The van der Waals surface area contributed by atoms with Gasteiger partial charge < -0.3 is 14.4 Å². The third-order valence-electron chi connectivity index (χ3n) is 1.95. The first-order valence-electron chi connectivity index (χ1n) is 3.97. The summed E-state index contributed by atoms with van der Waals surface area (Å²) in [7, 11) is 3.10. The monoisotopic (exact) mass is 218 g/mol. The van der Waals surface area contributed by atoms with Gasteiger partial charge in [0.1, 0.15) is 5.15 Å². The fraction of sp³-hybridized carbons (Fsp3) is 0.500. The maximum atomic E-state index is 10.7. The van der Waals surface area contributed by atoms with Crippen molar-refractivity contribution in [2.45, 2.75) is 12.5 Å². The minimum Gasteiger partial charge on any atom is -0.479 e. The number of halogens is 1. The molecule has 0 saturated carbocycles. The van der Waals surface area contributed by atoms with Crippen molar-refractivity contribution in [2.75, 3.05) is 7.11 Å². The van der Waals surface area contributed by atoms with Gasteiger partial charge in [0.25, 0.3) is 0 Å². The summed E-state index contributed by atoms with van der Waals surface area (Å²) >= 11 is 5.77. The molecule has 0 fully saturated rings. The molecule has 1 aromatic heterocycles. The molecule has 0 aliphatic heterocycles. The number of nitrogens with zero attached hydrogens (tertiary/aromatic N) is 2. The number of imidazole rings is 1. The molecule has 1 rings (SSSR count). The first-order chi connectivity index (χ1) is 6.56. The second kappa shape index (κ2) is 4.43. The molecule has 1 atom stereocenters. The molecule has 5 nitrogen and oxygen atoms in total. The molecule has 0 aliphatic rings. The van der Waals surface area contributed by atoms with Crippen LogP contribution in [0.2, 0.25) is 5.15 Å². The molecule has 14 heavy (non-hydrogen) atoms. The lowest BCUT2D eigenvalue weighted by Gasteiger charge is -2.10. The number of aromatic nitrogens is 2. The van der Waals surface area contributed by atoms with E-state index in [9.17, 15) is 4.79 Å². The van der Waals surface area contributed by atoms with Gasteiger partial charge in [0.15, 0.2) is 6.10 Å². The van der Waals surface area contributed by atoms with Gasteiger partial charge >= 0.3 is 5.97 Å². The number of aryl methyl sites for hydroxylation is 1. The molecule has 1 aromatic rings. The number of rotatable bonds is 4. The van der Waals surface area contributed by atoms with Gasteiger partial charge in [-0.1, -0.05) is 11.6 Å². The lowest BCUT2D eigenvalue weighted by Crippen LogP contribution is -2.25. The summed E-state index contributed by atoms with van der Waals surface area (Å²) in [5.74, 6) is -1.01. The van der Waals surface area contributed by atoms with Crippen molar-refractivity contribution in [3.63, 3.8) is 0 Å². The smallest absolute Gasteiger partial charge is 0.333 e. The Morgan fingerprint density at radius 2 is 2.50 bits per heavy atom. The fourth-order valence-electron chi connectivity index (χ4n) is 1.10. The van der Waals surface area contributed by atoms with E-state index in [1.165, 1.54) is 13.4 Å². The predicted octanol–water partition coefficient (Wildman–Crippen LogP) is 0.716. The van der Waals surface area contributed by atoms with Crippen LogP contribution < -0.4 is 0 Å². The van der Waals surface area contributed by atoms with Crippen molar-refractivity contribution in [1.82, 2.24) is 9.55 Å². The van der Waals surface area contributed by atoms with Crippen LogP contribution in [0.3, 0.4) is 0 Å². The molecule has 0 spiro atoms. The SMILES string of the molecule is COC(Cc1c(Cl)ncn1C)C(=O)O. The predicted molar refractivity (Wildman–Crippen MR) is 50.4 cm³/mol. The number of aliphatic carboxylic acids is 1. The molecule has 1 N–H and O–H groups in total. The number of carboxylic acids is 1. The summed E-state index contributed by atoms with van der Waals surface area (Å²) in [6.07, 6.45) is 0.857. The average Bonchev–Trinajstić information content (AvgIpc) is 2.43. The molecular formula is C8H11ClN2O3. The summed E-state index contributed by atoms with van der Waals surface area (Å²) < 4.78 is 6.47. The Bertz CT molecular complexity index is 318. The van der Waals surface area contributed by atoms with E-state index in [2.05, 4.69) is 4.98 Å². The zero-order chi connectivity index (χ0) is 10.7. The Morgan fingerprint density at radius 3 is 2.86 bits per heavy atom. The van der Waals surface area contributed by atoms with Crippen LogP contribution >= 0.6 is 11.6 Å². The average molecular weight is 219 g/mol. The number of carboxylic acid groups (broad SMARTS) is 1. The van der Waals surface area contributed by atoms with Crippen molar-refractivity contribution in [3.8, 4) is 0 Å². The van der Waals surface area contributed by atoms with Crippen LogP contribution in [0.1, 0.15) is 5.69 Å². The lowest BCUT2D eigenvalue weighted by molar-refractivity contribution is -0.148. The minimum absolute atomic E-state index is 0.209. The van der Waals surface area contributed by atoms with Crippen molar-refractivity contribution in [3.05, 3.63) is 17.2 Å². The molecule has 0 amide bonds. The summed E-state index contributed by atoms with van der Waals surface area (Å²) in [5, 5.41) is 9.07. The number of carbonyl (C=O) groups is 1. The third kappa shape index (κ3) is 2.24. The topological polar surface area (TPSA) is 64.4 Å². The van der Waals surface area contributed by atoms with Gasteiger partial charge in [0.2, 0.25) is 0 Å². The second-order valence-electron chi connectivity index (χ2n) is 2.86. The zero-order valence-corrected chi connectivity index (χ0v) is 8.65. The number of ether oxygens (including phenoxy) is 1. The Labute approximate surface area is 86.3 Å². The first-order valence-corrected chi connectivity index (χ1v) is 4.35. The van der Waals surface area contributed by atoms with E-state index in [4.69, 9.17) is 21.4 Å².